The van der Waals surface area contributed by atoms with Crippen molar-refractivity contribution >= 4 is 21.6 Å². The van der Waals surface area contributed by atoms with Crippen molar-refractivity contribution in [2.75, 3.05) is 7.11 Å². The zero-order chi connectivity index (χ0) is 10.5. The van der Waals surface area contributed by atoms with Gasteiger partial charge in [-0.05, 0) is 25.0 Å². The van der Waals surface area contributed by atoms with Crippen LogP contribution in [0, 0.1) is 0 Å². The highest BCUT2D eigenvalue weighted by atomic mass is 32.1. The SMILES string of the molecule is COc1cccc2sc(C3(N)CC3)nc12. The topological polar surface area (TPSA) is 48.1 Å². The number of para-hydroxylation sites is 1. The second-order valence-electron chi connectivity index (χ2n) is 3.98. The summed E-state index contributed by atoms with van der Waals surface area (Å²) in [6.07, 6.45) is 2.10. The highest BCUT2D eigenvalue weighted by molar-refractivity contribution is 7.18. The Balaban J connectivity index is 2.21. The summed E-state index contributed by atoms with van der Waals surface area (Å²) in [5, 5.41) is 1.04. The quantitative estimate of drug-likeness (QED) is 0.844. The van der Waals surface area contributed by atoms with E-state index in [-0.39, 0.29) is 5.54 Å². The second-order valence-corrected chi connectivity index (χ2v) is 5.01. The number of hydrogen-bond donors (Lipinski definition) is 1. The van der Waals surface area contributed by atoms with E-state index in [1.807, 2.05) is 12.1 Å². The monoisotopic (exact) mass is 220 g/mol. The van der Waals surface area contributed by atoms with E-state index in [9.17, 15) is 0 Å². The van der Waals surface area contributed by atoms with Crippen LogP contribution in [-0.2, 0) is 5.54 Å². The van der Waals surface area contributed by atoms with Crippen molar-refractivity contribution in [3.05, 3.63) is 23.2 Å². The number of nitrogens with zero attached hydrogens (tertiary/aromatic N) is 1. The molecule has 1 aliphatic rings. The Morgan fingerprint density at radius 3 is 2.93 bits per heavy atom. The van der Waals surface area contributed by atoms with E-state index in [1.54, 1.807) is 18.4 Å². The summed E-state index contributed by atoms with van der Waals surface area (Å²) in [5.41, 5.74) is 6.93. The summed E-state index contributed by atoms with van der Waals surface area (Å²) >= 11 is 1.68. The molecule has 2 aromatic rings. The van der Waals surface area contributed by atoms with Gasteiger partial charge in [0.15, 0.2) is 0 Å². The second kappa shape index (κ2) is 2.93. The van der Waals surface area contributed by atoms with Crippen molar-refractivity contribution in [2.24, 2.45) is 5.73 Å². The molecule has 78 valence electrons. The Hall–Kier alpha value is -1.13. The fourth-order valence-corrected chi connectivity index (χ4v) is 2.79. The maximum atomic E-state index is 6.13. The molecular weight excluding hydrogens is 208 g/mol. The molecule has 0 aliphatic heterocycles. The van der Waals surface area contributed by atoms with Gasteiger partial charge < -0.3 is 10.5 Å². The molecule has 0 unspecified atom stereocenters. The molecule has 0 atom stereocenters. The molecule has 1 aromatic carbocycles. The molecule has 1 aromatic heterocycles. The number of methoxy groups -OCH3 is 1. The first-order valence-electron chi connectivity index (χ1n) is 4.96. The van der Waals surface area contributed by atoms with Crippen molar-refractivity contribution in [3.63, 3.8) is 0 Å². The summed E-state index contributed by atoms with van der Waals surface area (Å²) in [6.45, 7) is 0. The Labute approximate surface area is 91.9 Å². The summed E-state index contributed by atoms with van der Waals surface area (Å²) in [5.74, 6) is 0.833. The lowest BCUT2D eigenvalue weighted by Gasteiger charge is -2.01. The van der Waals surface area contributed by atoms with E-state index in [2.05, 4.69) is 11.1 Å². The maximum absolute atomic E-state index is 6.13. The molecule has 0 amide bonds. The lowest BCUT2D eigenvalue weighted by atomic mass is 10.3. The van der Waals surface area contributed by atoms with Gasteiger partial charge in [-0.3, -0.25) is 0 Å². The van der Waals surface area contributed by atoms with E-state index in [1.165, 1.54) is 0 Å². The molecule has 3 nitrogen and oxygen atoms in total. The molecule has 0 radical (unpaired) electrons. The Morgan fingerprint density at radius 1 is 1.47 bits per heavy atom. The molecule has 15 heavy (non-hydrogen) atoms. The molecular formula is C11H12N2OS. The van der Waals surface area contributed by atoms with Crippen LogP contribution in [0.25, 0.3) is 10.2 Å². The summed E-state index contributed by atoms with van der Waals surface area (Å²) in [6, 6.07) is 5.98. The van der Waals surface area contributed by atoms with E-state index in [0.29, 0.717) is 0 Å². The molecule has 0 saturated heterocycles. The Morgan fingerprint density at radius 2 is 2.27 bits per heavy atom. The first-order chi connectivity index (χ1) is 7.23. The number of benzene rings is 1. The molecule has 3 rings (SSSR count). The zero-order valence-electron chi connectivity index (χ0n) is 8.49. The Bertz CT molecular complexity index is 516. The molecule has 1 saturated carbocycles. The van der Waals surface area contributed by atoms with E-state index < -0.39 is 0 Å². The van der Waals surface area contributed by atoms with E-state index in [0.717, 1.165) is 33.8 Å². The van der Waals surface area contributed by atoms with Crippen molar-refractivity contribution in [1.82, 2.24) is 4.98 Å². The maximum Gasteiger partial charge on any atom is 0.145 e. The lowest BCUT2D eigenvalue weighted by molar-refractivity contribution is 0.419. The van der Waals surface area contributed by atoms with Gasteiger partial charge in [0.25, 0.3) is 0 Å². The minimum absolute atomic E-state index is 0.144. The van der Waals surface area contributed by atoms with Gasteiger partial charge in [0, 0.05) is 0 Å². The normalized spacial score (nSPS) is 18.0. The smallest absolute Gasteiger partial charge is 0.145 e. The van der Waals surface area contributed by atoms with Crippen LogP contribution in [-0.4, -0.2) is 12.1 Å². The van der Waals surface area contributed by atoms with Crippen molar-refractivity contribution < 1.29 is 4.74 Å². The molecule has 1 fully saturated rings. The zero-order valence-corrected chi connectivity index (χ0v) is 9.30. The van der Waals surface area contributed by atoms with Gasteiger partial charge in [0.1, 0.15) is 16.3 Å². The first kappa shape index (κ1) is 9.12. The van der Waals surface area contributed by atoms with Crippen molar-refractivity contribution in [3.8, 4) is 5.75 Å². The largest absolute Gasteiger partial charge is 0.494 e. The number of aromatic nitrogens is 1. The standard InChI is InChI=1S/C11H12N2OS/c1-14-7-3-2-4-8-9(7)13-10(15-8)11(12)5-6-11/h2-4H,5-6,12H2,1H3. The first-order valence-corrected chi connectivity index (χ1v) is 5.77. The lowest BCUT2D eigenvalue weighted by Crippen LogP contribution is -2.17. The fraction of sp³-hybridized carbons (Fsp3) is 0.364. The molecule has 1 aliphatic carbocycles. The average molecular weight is 220 g/mol. The van der Waals surface area contributed by atoms with Gasteiger partial charge in [0.2, 0.25) is 0 Å². The predicted octanol–water partition coefficient (Wildman–Crippen LogP) is 2.25. The average Bonchev–Trinajstić information content (AvgIpc) is 2.84. The van der Waals surface area contributed by atoms with Crippen LogP contribution in [0.2, 0.25) is 0 Å². The predicted molar refractivity (Wildman–Crippen MR) is 61.3 cm³/mol. The number of rotatable bonds is 2. The van der Waals surface area contributed by atoms with Crippen LogP contribution in [0.1, 0.15) is 17.8 Å². The van der Waals surface area contributed by atoms with Crippen LogP contribution < -0.4 is 10.5 Å². The van der Waals surface area contributed by atoms with Crippen molar-refractivity contribution in [1.29, 1.82) is 0 Å². The van der Waals surface area contributed by atoms with Gasteiger partial charge in [-0.25, -0.2) is 4.98 Å². The third kappa shape index (κ3) is 1.33. The molecule has 4 heteroatoms. The van der Waals surface area contributed by atoms with Crippen LogP contribution >= 0.6 is 11.3 Å². The van der Waals surface area contributed by atoms with Crippen molar-refractivity contribution in [2.45, 2.75) is 18.4 Å². The van der Waals surface area contributed by atoms with Gasteiger partial charge in [-0.1, -0.05) is 6.07 Å². The molecule has 2 N–H and O–H groups in total. The Kier molecular flexibility index (Phi) is 1.78. The third-order valence-corrected chi connectivity index (χ3v) is 4.06. The number of fused-ring (bicyclic) bond motifs is 1. The minimum atomic E-state index is -0.144. The van der Waals surface area contributed by atoms with Gasteiger partial charge in [0.05, 0.1) is 17.3 Å². The van der Waals surface area contributed by atoms with Gasteiger partial charge in [-0.15, -0.1) is 11.3 Å². The fourth-order valence-electron chi connectivity index (χ4n) is 1.65. The van der Waals surface area contributed by atoms with Crippen LogP contribution in [0.4, 0.5) is 0 Å². The molecule has 1 heterocycles. The number of ether oxygens (including phenoxy) is 1. The van der Waals surface area contributed by atoms with Gasteiger partial charge >= 0.3 is 0 Å². The van der Waals surface area contributed by atoms with Crippen LogP contribution in [0.15, 0.2) is 18.2 Å². The van der Waals surface area contributed by atoms with Gasteiger partial charge in [-0.2, -0.15) is 0 Å². The summed E-state index contributed by atoms with van der Waals surface area (Å²) < 4.78 is 6.43. The van der Waals surface area contributed by atoms with E-state index in [4.69, 9.17) is 10.5 Å². The highest BCUT2D eigenvalue weighted by Gasteiger charge is 2.43. The summed E-state index contributed by atoms with van der Waals surface area (Å²) in [7, 11) is 1.67. The third-order valence-electron chi connectivity index (χ3n) is 2.82. The van der Waals surface area contributed by atoms with E-state index >= 15 is 0 Å². The van der Waals surface area contributed by atoms with Crippen LogP contribution in [0.3, 0.4) is 0 Å². The number of nitrogens with two attached hydrogens (primary N) is 1. The minimum Gasteiger partial charge on any atom is -0.494 e. The molecule has 0 bridgehead atoms. The number of hydrogen-bond acceptors (Lipinski definition) is 4. The molecule has 0 spiro atoms. The van der Waals surface area contributed by atoms with Crippen LogP contribution in [0.5, 0.6) is 5.75 Å². The number of thiazole rings is 1. The summed E-state index contributed by atoms with van der Waals surface area (Å²) in [4.78, 5) is 4.59. The highest BCUT2D eigenvalue weighted by Crippen LogP contribution is 2.46.